The standard InChI is InChI=1S/C32H40ClN5O6S3.C31H39ClN6O6S3.CH4.2CH2.2Tc/c1-20-4-9-29-26(16-20)25(21(2)37(29)31(41)23-5-7-24(33)8-6-23)17-30(40)38(43-14-12-34-13-15-44-47)32(42)28(19-46)36-11-10-35-27(18-45)22(3)39;1-19-3-8-27-24(15-19)23(20(2)37(27)30(41)21-4-6-22(32)7-5-21)16-28(39)38(43-13-11-34-12-14-44-47)31(42)26(18-46)36-10-9-35-25(17-45)29(33)40;;;;;/h4-9,16,27-28,34,45-47H,10-15,17-19H2,1-3H3;3-8,15,25-26,34,45-47H,9-14,16-18H2,1-2H3,(H2,33,40);1H4;2*1H2;;/q2*-2;;;;2*+4/p-4/t27-,28-;25-,26-;;;;;/m00...../s1/i;;;;;2*1+1. The van der Waals surface area contributed by atoms with E-state index in [-0.39, 0.29) is 100 Å². The predicted molar refractivity (Wildman–Crippen MR) is 402 cm³/mol. The van der Waals surface area contributed by atoms with Gasteiger partial charge in [-0.1, -0.05) is 78.1 Å². The molecule has 99 heavy (non-hydrogen) atoms. The Hall–Kier alpha value is -3.96. The summed E-state index contributed by atoms with van der Waals surface area (Å²) in [6.07, 6.45) is -0.490. The van der Waals surface area contributed by atoms with Crippen LogP contribution < -0.4 is 16.4 Å². The molecule has 2 heterocycles. The second kappa shape index (κ2) is 49.7. The Morgan fingerprint density at radius 1 is 0.535 bits per heavy atom. The number of hydroxylamine groups is 4. The first kappa shape index (κ1) is 91.1. The van der Waals surface area contributed by atoms with Crippen LogP contribution in [0.4, 0.5) is 0 Å². The number of hydrogen-bond acceptors (Lipinski definition) is 20. The van der Waals surface area contributed by atoms with Gasteiger partial charge < -0.3 is 101 Å². The third-order valence-electron chi connectivity index (χ3n) is 14.4. The van der Waals surface area contributed by atoms with E-state index in [1.165, 1.54) is 6.92 Å². The Bertz CT molecular complexity index is 3360. The van der Waals surface area contributed by atoms with Crippen LogP contribution in [-0.2, 0) is 147 Å². The Morgan fingerprint density at radius 3 is 1.17 bits per heavy atom. The second-order valence-electron chi connectivity index (χ2n) is 21.1. The summed E-state index contributed by atoms with van der Waals surface area (Å²) in [7, 11) is 0. The number of carbonyl (C=O) groups is 8. The summed E-state index contributed by atoms with van der Waals surface area (Å²) < 4.78 is 12.6. The van der Waals surface area contributed by atoms with Crippen molar-refractivity contribution in [1.29, 1.82) is 0 Å². The normalized spacial score (nSPS) is 12.1. The molecule has 0 aliphatic carbocycles. The maximum absolute atomic E-state index is 13.9. The molecule has 0 saturated carbocycles. The fourth-order valence-electron chi connectivity index (χ4n) is 9.53. The fraction of sp³-hybridized carbons (Fsp3) is 0.424. The molecule has 0 fully saturated rings. The first-order valence-corrected chi connectivity index (χ1v) is 36.6. The topological polar surface area (TPSA) is 296 Å². The number of aromatic nitrogens is 2. The Labute approximate surface area is 643 Å². The van der Waals surface area contributed by atoms with Crippen LogP contribution in [0.25, 0.3) is 43.1 Å². The zero-order chi connectivity index (χ0) is 73.0. The summed E-state index contributed by atoms with van der Waals surface area (Å²) in [6.45, 7) is 11.4. The first-order chi connectivity index (χ1) is 47.1. The van der Waals surface area contributed by atoms with Crippen molar-refractivity contribution in [3.63, 3.8) is 0 Å². The third-order valence-corrected chi connectivity index (χ3v) is 16.5. The number of rotatable bonds is 38. The van der Waals surface area contributed by atoms with E-state index < -0.39 is 53.7 Å². The third kappa shape index (κ3) is 28.2. The summed E-state index contributed by atoms with van der Waals surface area (Å²) >= 11 is 43.6. The van der Waals surface area contributed by atoms with Gasteiger partial charge in [-0.3, -0.25) is 52.4 Å². The number of Topliss-reactive ketones (excluding diaryl/α,β-unsaturated/α-hetero) is 1. The van der Waals surface area contributed by atoms with Crippen molar-refractivity contribution >= 4 is 179 Å². The van der Waals surface area contributed by atoms with Gasteiger partial charge in [0.15, 0.2) is 5.91 Å². The van der Waals surface area contributed by atoms with E-state index in [1.807, 2.05) is 87.1 Å². The van der Waals surface area contributed by atoms with Gasteiger partial charge in [0.25, 0.3) is 23.6 Å². The van der Waals surface area contributed by atoms with Crippen molar-refractivity contribution in [2.24, 2.45) is 5.73 Å². The van der Waals surface area contributed by atoms with Crippen LogP contribution in [0.2, 0.25) is 10.0 Å². The number of nitrogens with zero attached hydrogens (tertiary/aromatic N) is 8. The van der Waals surface area contributed by atoms with Crippen molar-refractivity contribution < 1.29 is 93.3 Å². The number of nitrogens with one attached hydrogen (secondary N) is 2. The van der Waals surface area contributed by atoms with E-state index in [0.717, 1.165) is 16.2 Å². The van der Waals surface area contributed by atoms with E-state index in [9.17, 15) is 38.4 Å². The van der Waals surface area contributed by atoms with Gasteiger partial charge >= 0.3 is 46.9 Å². The van der Waals surface area contributed by atoms with Crippen molar-refractivity contribution in [1.82, 2.24) is 29.9 Å². The molecule has 0 unspecified atom stereocenters. The van der Waals surface area contributed by atoms with Crippen LogP contribution in [0, 0.1) is 27.7 Å². The Kier molecular flexibility index (Phi) is 45.7. The summed E-state index contributed by atoms with van der Waals surface area (Å²) in [5.74, 6) is -4.18. The van der Waals surface area contributed by atoms with Crippen molar-refractivity contribution in [3.8, 4) is 0 Å². The van der Waals surface area contributed by atoms with Crippen LogP contribution >= 0.6 is 49.0 Å². The van der Waals surface area contributed by atoms with Crippen LogP contribution in [0.1, 0.15) is 68.7 Å². The molecular weight excluding hydrogens is 1600 g/mol. The molecule has 23 nitrogen and oxygen atoms in total. The molecule has 6 aromatic rings. The summed E-state index contributed by atoms with van der Waals surface area (Å²) in [6, 6.07) is 20.7. The molecular formula is C66H83Cl2N11O12S6Tc2. The molecule has 4 atom stereocenters. The number of imide groups is 2. The summed E-state index contributed by atoms with van der Waals surface area (Å²) in [4.78, 5) is 117. The molecule has 0 radical (unpaired) electrons. The van der Waals surface area contributed by atoms with Crippen LogP contribution in [0.15, 0.2) is 84.9 Å². The van der Waals surface area contributed by atoms with E-state index >= 15 is 0 Å². The number of primary amides is 1. The molecule has 0 aliphatic rings. The molecule has 0 spiro atoms. The maximum atomic E-state index is 13.9. The molecule has 0 bridgehead atoms. The number of amides is 5. The van der Waals surface area contributed by atoms with Crippen molar-refractivity contribution in [2.45, 2.75) is 79.1 Å². The second-order valence-corrected chi connectivity index (χ2v) is 23.8. The molecule has 6 rings (SSSR count). The average molecular weight is 1680 g/mol. The zero-order valence-electron chi connectivity index (χ0n) is 54.6. The molecule has 0 aliphatic heterocycles. The summed E-state index contributed by atoms with van der Waals surface area (Å²) in [5.41, 5.74) is 11.4. The van der Waals surface area contributed by atoms with E-state index in [4.69, 9.17) is 97.5 Å². The average Bonchev–Trinajstić information content (AvgIpc) is 1.62. The van der Waals surface area contributed by atoms with Gasteiger partial charge in [-0.15, -0.1) is 0 Å². The number of nitrogens with two attached hydrogens (primary N) is 1. The molecule has 538 valence electrons. The van der Waals surface area contributed by atoms with Crippen molar-refractivity contribution in [3.05, 3.63) is 161 Å². The Balaban J connectivity index is 0.000000635. The number of fused-ring (bicyclic) bond motifs is 2. The molecule has 5 amide bonds. The monoisotopic (exact) mass is 1680 g/mol. The number of hydrogen-bond donors (Lipinski definition) is 5. The molecule has 4 N–H and O–H groups in total. The summed E-state index contributed by atoms with van der Waals surface area (Å²) in [5, 5.41) is 33.4. The van der Waals surface area contributed by atoms with Gasteiger partial charge in [-0.2, -0.15) is 59.3 Å². The zero-order valence-corrected chi connectivity index (χ0v) is 64.9. The number of carbonyl (C=O) groups excluding carboxylic acids is 8. The number of halogens is 2. The minimum atomic E-state index is -1.10. The minimum absolute atomic E-state index is 0. The number of thiol groups is 2. The van der Waals surface area contributed by atoms with E-state index in [2.05, 4.69) is 67.8 Å². The van der Waals surface area contributed by atoms with Gasteiger partial charge in [0.05, 0.1) is 50.3 Å². The first-order valence-electron chi connectivity index (χ1n) is 30.1. The van der Waals surface area contributed by atoms with Gasteiger partial charge in [0, 0.05) is 69.5 Å². The SMILES string of the molecule is C.CC(=O)[C@H](C[S-])[N-]CC[N-][C@@H](C[S-])C(=O)N(OCCNCCOS)C(=O)Cc1c(C)n(C(=O)c2ccc(Cl)cc2)c2ccc(C)cc12.Cc1ccc2c(c1)c(CC(=O)N(OCCNCCOS)C(=O)[C@H](C[S-])[N-]CC[N-][C@@H](C[S-])C(N)=O)c(C)n2C(=O)c1ccc(Cl)cc1.[CH2]=[99Tc+4].[CH2]=[99Tc+4]. The molecule has 2 aromatic heterocycles. The number of aryl methyl sites for hydroxylation is 2. The Morgan fingerprint density at radius 2 is 0.859 bits per heavy atom. The van der Waals surface area contributed by atoms with Crippen LogP contribution in [-0.4, -0.2) is 202 Å². The van der Waals surface area contributed by atoms with Gasteiger partial charge in [0.2, 0.25) is 11.8 Å². The molecule has 0 saturated heterocycles. The molecule has 4 aromatic carbocycles. The number of ketones is 1. The van der Waals surface area contributed by atoms with Crippen molar-refractivity contribution in [2.75, 3.05) is 102 Å². The van der Waals surface area contributed by atoms with Gasteiger partial charge in [-0.25, -0.2) is 0 Å². The molecule has 33 heteroatoms. The van der Waals surface area contributed by atoms with E-state index in [0.29, 0.717) is 110 Å². The van der Waals surface area contributed by atoms with E-state index in [1.54, 1.807) is 71.5 Å². The quantitative estimate of drug-likeness (QED) is 0.00821. The van der Waals surface area contributed by atoms with Crippen LogP contribution in [0.5, 0.6) is 0 Å². The van der Waals surface area contributed by atoms with Crippen LogP contribution in [0.3, 0.4) is 0 Å². The van der Waals surface area contributed by atoms with Gasteiger partial charge in [0.1, 0.15) is 5.78 Å². The predicted octanol–water partition coefficient (Wildman–Crippen LogP) is 7.56. The fourth-order valence-corrected chi connectivity index (χ4v) is 11.1. The van der Waals surface area contributed by atoms with Gasteiger partial charge in [-0.05, 0) is 144 Å². The number of benzene rings is 4.